The number of pyridine rings is 1. The van der Waals surface area contributed by atoms with Gasteiger partial charge in [-0.05, 0) is 54.7 Å². The number of anilines is 1. The molecule has 5 nitrogen and oxygen atoms in total. The number of hydrogen-bond acceptors (Lipinski definition) is 5. The van der Waals surface area contributed by atoms with Crippen molar-refractivity contribution >= 4 is 57.6 Å². The van der Waals surface area contributed by atoms with Crippen LogP contribution in [0, 0.1) is 0 Å². The molecule has 1 aliphatic rings. The van der Waals surface area contributed by atoms with E-state index in [1.54, 1.807) is 13.3 Å². The molecule has 1 N–H and O–H groups in total. The number of methoxy groups -OCH3 is 1. The molecule has 0 bridgehead atoms. The first kappa shape index (κ1) is 21.3. The quantitative estimate of drug-likeness (QED) is 0.348. The third kappa shape index (κ3) is 4.40. The second kappa shape index (κ2) is 9.49. The third-order valence-electron chi connectivity index (χ3n) is 4.72. The van der Waals surface area contributed by atoms with Gasteiger partial charge in [0.15, 0.2) is 5.11 Å². The summed E-state index contributed by atoms with van der Waals surface area (Å²) in [5.41, 5.74) is 1.77. The second-order valence-electron chi connectivity index (χ2n) is 6.59. The smallest absolute Gasteiger partial charge is 0.174 e. The van der Waals surface area contributed by atoms with Crippen LogP contribution in [-0.2, 0) is 4.74 Å². The summed E-state index contributed by atoms with van der Waals surface area (Å²) in [5.74, 6) is 0.604. The van der Waals surface area contributed by atoms with E-state index in [9.17, 15) is 0 Å². The molecule has 3 heterocycles. The van der Waals surface area contributed by atoms with E-state index in [1.165, 1.54) is 11.3 Å². The van der Waals surface area contributed by atoms with Crippen LogP contribution in [0.3, 0.4) is 0 Å². The number of thiophene rings is 1. The molecule has 0 spiro atoms. The molecule has 0 unspecified atom stereocenters. The minimum Gasteiger partial charge on any atom is -0.490 e. The standard InChI is InChI=1S/C21H19Cl2N3O2S2/c1-27-10-11-28-16-6-5-13(12-14(16)22)26-20(17-7-8-18(23)30-17)19(25-21(26)29)15-4-2-3-9-24-15/h2-9,12,19-20H,10-11H2,1H3,(H,25,29)/t19-,20+/m1/s1. The van der Waals surface area contributed by atoms with Crippen molar-refractivity contribution < 1.29 is 9.47 Å². The number of nitrogens with one attached hydrogen (secondary N) is 1. The van der Waals surface area contributed by atoms with Gasteiger partial charge < -0.3 is 19.7 Å². The van der Waals surface area contributed by atoms with E-state index in [2.05, 4.69) is 15.2 Å². The molecule has 2 atom stereocenters. The number of thiocarbonyl (C=S) groups is 1. The summed E-state index contributed by atoms with van der Waals surface area (Å²) < 4.78 is 11.4. The Hall–Kier alpha value is -1.90. The lowest BCUT2D eigenvalue weighted by Gasteiger charge is -2.27. The molecule has 0 aliphatic carbocycles. The highest BCUT2D eigenvalue weighted by Gasteiger charge is 2.41. The average molecular weight is 480 g/mol. The number of ether oxygens (including phenoxy) is 2. The molecule has 0 radical (unpaired) electrons. The van der Waals surface area contributed by atoms with E-state index in [-0.39, 0.29) is 12.1 Å². The molecular formula is C21H19Cl2N3O2S2. The van der Waals surface area contributed by atoms with Crippen LogP contribution in [0.1, 0.15) is 22.7 Å². The fourth-order valence-electron chi connectivity index (χ4n) is 3.40. The zero-order valence-corrected chi connectivity index (χ0v) is 19.2. The van der Waals surface area contributed by atoms with Crippen LogP contribution in [0.4, 0.5) is 5.69 Å². The Morgan fingerprint density at radius 2 is 2.03 bits per heavy atom. The van der Waals surface area contributed by atoms with Crippen LogP contribution in [0.15, 0.2) is 54.7 Å². The molecule has 1 saturated heterocycles. The minimum absolute atomic E-state index is 0.110. The Bertz CT molecular complexity index is 1030. The molecule has 4 rings (SSSR count). The summed E-state index contributed by atoms with van der Waals surface area (Å²) in [6.45, 7) is 0.919. The van der Waals surface area contributed by atoms with Gasteiger partial charge in [0.2, 0.25) is 0 Å². The highest BCUT2D eigenvalue weighted by molar-refractivity contribution is 7.80. The van der Waals surface area contributed by atoms with E-state index in [0.717, 1.165) is 20.6 Å². The Labute approximate surface area is 194 Å². The van der Waals surface area contributed by atoms with E-state index in [4.69, 9.17) is 44.9 Å². The van der Waals surface area contributed by atoms with Crippen molar-refractivity contribution in [2.75, 3.05) is 25.2 Å². The largest absolute Gasteiger partial charge is 0.490 e. The van der Waals surface area contributed by atoms with Crippen LogP contribution in [0.2, 0.25) is 9.36 Å². The van der Waals surface area contributed by atoms with Gasteiger partial charge in [0.05, 0.1) is 33.7 Å². The maximum atomic E-state index is 6.50. The Morgan fingerprint density at radius 1 is 1.17 bits per heavy atom. The number of halogens is 2. The van der Waals surface area contributed by atoms with E-state index >= 15 is 0 Å². The van der Waals surface area contributed by atoms with E-state index in [0.29, 0.717) is 29.1 Å². The number of nitrogens with zero attached hydrogens (tertiary/aromatic N) is 2. The lowest BCUT2D eigenvalue weighted by molar-refractivity contribution is 0.146. The maximum Gasteiger partial charge on any atom is 0.174 e. The number of rotatable bonds is 7. The first-order valence-electron chi connectivity index (χ1n) is 9.25. The zero-order valence-electron chi connectivity index (χ0n) is 16.0. The second-order valence-corrected chi connectivity index (χ2v) is 9.14. The fourth-order valence-corrected chi connectivity index (χ4v) is 5.17. The molecule has 1 aliphatic heterocycles. The third-order valence-corrected chi connectivity index (χ3v) is 6.63. The molecular weight excluding hydrogens is 461 g/mol. The predicted molar refractivity (Wildman–Crippen MR) is 126 cm³/mol. The topological polar surface area (TPSA) is 46.6 Å². The Morgan fingerprint density at radius 3 is 2.70 bits per heavy atom. The monoisotopic (exact) mass is 479 g/mol. The lowest BCUT2D eigenvalue weighted by Crippen LogP contribution is -2.29. The van der Waals surface area contributed by atoms with Crippen molar-refractivity contribution in [3.8, 4) is 5.75 Å². The maximum absolute atomic E-state index is 6.50. The van der Waals surface area contributed by atoms with Crippen LogP contribution in [0.5, 0.6) is 5.75 Å². The highest BCUT2D eigenvalue weighted by atomic mass is 35.5. The predicted octanol–water partition coefficient (Wildman–Crippen LogP) is 5.65. The first-order valence-corrected chi connectivity index (χ1v) is 11.2. The molecule has 30 heavy (non-hydrogen) atoms. The van der Waals surface area contributed by atoms with Crippen molar-refractivity contribution in [2.24, 2.45) is 0 Å². The number of benzene rings is 1. The number of aromatic nitrogens is 1. The highest BCUT2D eigenvalue weighted by Crippen LogP contribution is 2.45. The van der Waals surface area contributed by atoms with Gasteiger partial charge in [0.1, 0.15) is 12.4 Å². The molecule has 3 aromatic rings. The lowest BCUT2D eigenvalue weighted by atomic mass is 10.0. The van der Waals surface area contributed by atoms with Gasteiger partial charge in [-0.15, -0.1) is 11.3 Å². The van der Waals surface area contributed by atoms with Crippen molar-refractivity contribution in [1.29, 1.82) is 0 Å². The van der Waals surface area contributed by atoms with Crippen LogP contribution in [0.25, 0.3) is 0 Å². The minimum atomic E-state index is -0.121. The van der Waals surface area contributed by atoms with Crippen LogP contribution < -0.4 is 15.0 Å². The van der Waals surface area contributed by atoms with Crippen molar-refractivity contribution in [2.45, 2.75) is 12.1 Å². The molecule has 0 amide bonds. The summed E-state index contributed by atoms with van der Waals surface area (Å²) in [6, 6.07) is 15.2. The zero-order chi connectivity index (χ0) is 21.1. The summed E-state index contributed by atoms with van der Waals surface area (Å²) in [6.07, 6.45) is 1.78. The van der Waals surface area contributed by atoms with Gasteiger partial charge in [0, 0.05) is 23.9 Å². The van der Waals surface area contributed by atoms with Gasteiger partial charge in [-0.25, -0.2) is 0 Å². The van der Waals surface area contributed by atoms with Gasteiger partial charge in [-0.3, -0.25) is 4.98 Å². The average Bonchev–Trinajstić information content (AvgIpc) is 3.33. The van der Waals surface area contributed by atoms with Gasteiger partial charge in [0.25, 0.3) is 0 Å². The van der Waals surface area contributed by atoms with Gasteiger partial charge in [-0.2, -0.15) is 0 Å². The van der Waals surface area contributed by atoms with E-state index < -0.39 is 0 Å². The molecule has 156 valence electrons. The molecule has 2 aromatic heterocycles. The van der Waals surface area contributed by atoms with E-state index in [1.807, 2.05) is 48.5 Å². The molecule has 0 saturated carbocycles. The summed E-state index contributed by atoms with van der Waals surface area (Å²) in [7, 11) is 1.63. The fraction of sp³-hybridized carbons (Fsp3) is 0.238. The molecule has 1 fully saturated rings. The molecule has 9 heteroatoms. The van der Waals surface area contributed by atoms with Crippen LogP contribution >= 0.6 is 46.8 Å². The SMILES string of the molecule is COCCOc1ccc(N2C(=S)N[C@H](c3ccccn3)[C@@H]2c2ccc(Cl)s2)cc1Cl. The first-order chi connectivity index (χ1) is 14.6. The summed E-state index contributed by atoms with van der Waals surface area (Å²) in [5, 5.41) is 4.53. The Kier molecular flexibility index (Phi) is 6.75. The van der Waals surface area contributed by atoms with Crippen molar-refractivity contribution in [1.82, 2.24) is 10.3 Å². The van der Waals surface area contributed by atoms with Crippen molar-refractivity contribution in [3.05, 3.63) is 74.7 Å². The Balaban J connectivity index is 1.70. The summed E-state index contributed by atoms with van der Waals surface area (Å²) >= 11 is 20.0. The van der Waals surface area contributed by atoms with Crippen molar-refractivity contribution in [3.63, 3.8) is 0 Å². The van der Waals surface area contributed by atoms with Crippen LogP contribution in [-0.4, -0.2) is 30.4 Å². The van der Waals surface area contributed by atoms with Gasteiger partial charge >= 0.3 is 0 Å². The van der Waals surface area contributed by atoms with Gasteiger partial charge in [-0.1, -0.05) is 29.3 Å². The summed E-state index contributed by atoms with van der Waals surface area (Å²) in [4.78, 5) is 7.68. The normalized spacial score (nSPS) is 18.5. The number of hydrogen-bond donors (Lipinski definition) is 1. The molecule has 1 aromatic carbocycles.